The van der Waals surface area contributed by atoms with E-state index in [0.717, 1.165) is 18.5 Å². The Morgan fingerprint density at radius 2 is 2.05 bits per heavy atom. The number of aryl methyl sites for hydroxylation is 2. The molecule has 1 amide bonds. The summed E-state index contributed by atoms with van der Waals surface area (Å²) in [5.74, 6) is -0.490. The van der Waals surface area contributed by atoms with Crippen molar-refractivity contribution in [2.75, 3.05) is 13.2 Å². The zero-order chi connectivity index (χ0) is 14.7. The second-order valence-electron chi connectivity index (χ2n) is 5.05. The van der Waals surface area contributed by atoms with Crippen LogP contribution in [0, 0.1) is 13.8 Å². The van der Waals surface area contributed by atoms with Crippen molar-refractivity contribution in [2.24, 2.45) is 0 Å². The second-order valence-corrected chi connectivity index (χ2v) is 5.05. The van der Waals surface area contributed by atoms with Crippen molar-refractivity contribution in [3.8, 4) is 0 Å². The van der Waals surface area contributed by atoms with Gasteiger partial charge in [0, 0.05) is 11.7 Å². The number of aromatic nitrogens is 1. The van der Waals surface area contributed by atoms with E-state index in [1.807, 2.05) is 19.9 Å². The summed E-state index contributed by atoms with van der Waals surface area (Å²) < 4.78 is 4.94. The van der Waals surface area contributed by atoms with Crippen molar-refractivity contribution >= 4 is 11.9 Å². The number of rotatable bonds is 5. The third-order valence-corrected chi connectivity index (χ3v) is 3.31. The van der Waals surface area contributed by atoms with E-state index < -0.39 is 0 Å². The number of hydrogen-bond donors (Lipinski definition) is 0. The lowest BCUT2D eigenvalue weighted by Crippen LogP contribution is -2.38. The molecule has 0 saturated heterocycles. The lowest BCUT2D eigenvalue weighted by molar-refractivity contribution is -0.144. The number of amides is 1. The van der Waals surface area contributed by atoms with E-state index in [0.29, 0.717) is 17.9 Å². The topological polar surface area (TPSA) is 59.5 Å². The molecule has 0 spiro atoms. The molecule has 1 aromatic heterocycles. The fourth-order valence-corrected chi connectivity index (χ4v) is 2.17. The Hall–Kier alpha value is -1.91. The van der Waals surface area contributed by atoms with Crippen LogP contribution in [-0.4, -0.2) is 41.0 Å². The van der Waals surface area contributed by atoms with Gasteiger partial charge in [-0.2, -0.15) is 0 Å². The van der Waals surface area contributed by atoms with Gasteiger partial charge in [0.15, 0.2) is 0 Å². The lowest BCUT2D eigenvalue weighted by atomic mass is 10.1. The van der Waals surface area contributed by atoms with Gasteiger partial charge in [-0.25, -0.2) is 0 Å². The molecule has 5 nitrogen and oxygen atoms in total. The van der Waals surface area contributed by atoms with Crippen LogP contribution in [0.4, 0.5) is 0 Å². The number of pyridine rings is 1. The standard InChI is InChI=1S/C15H20N2O3/c1-4-20-14(18)9-17(12-6-7-12)15(19)13-8-5-10(2)16-11(13)3/h5,8,12H,4,6-7,9H2,1-3H3. The Kier molecular flexibility index (Phi) is 4.37. The Bertz CT molecular complexity index is 524. The van der Waals surface area contributed by atoms with E-state index in [4.69, 9.17) is 4.74 Å². The molecule has 0 aliphatic heterocycles. The van der Waals surface area contributed by atoms with Crippen molar-refractivity contribution in [1.29, 1.82) is 0 Å². The lowest BCUT2D eigenvalue weighted by Gasteiger charge is -2.22. The van der Waals surface area contributed by atoms with Gasteiger partial charge >= 0.3 is 5.97 Å². The van der Waals surface area contributed by atoms with E-state index >= 15 is 0 Å². The van der Waals surface area contributed by atoms with Gasteiger partial charge in [-0.05, 0) is 45.7 Å². The van der Waals surface area contributed by atoms with Gasteiger partial charge in [-0.3, -0.25) is 14.6 Å². The first-order valence-corrected chi connectivity index (χ1v) is 6.93. The molecule has 0 aromatic carbocycles. The van der Waals surface area contributed by atoms with Crippen molar-refractivity contribution in [1.82, 2.24) is 9.88 Å². The van der Waals surface area contributed by atoms with Gasteiger partial charge in [0.2, 0.25) is 0 Å². The largest absolute Gasteiger partial charge is 0.465 e. The van der Waals surface area contributed by atoms with Crippen LogP contribution in [-0.2, 0) is 9.53 Å². The summed E-state index contributed by atoms with van der Waals surface area (Å²) in [6.45, 7) is 5.81. The van der Waals surface area contributed by atoms with Gasteiger partial charge in [-0.1, -0.05) is 0 Å². The number of carbonyl (C=O) groups is 2. The molecule has 0 N–H and O–H groups in total. The molecule has 0 unspecified atom stereocenters. The first-order chi connectivity index (χ1) is 9.52. The molecular weight excluding hydrogens is 256 g/mol. The summed E-state index contributed by atoms with van der Waals surface area (Å²) in [6, 6.07) is 3.75. The summed E-state index contributed by atoms with van der Waals surface area (Å²) in [7, 11) is 0. The molecule has 108 valence electrons. The summed E-state index contributed by atoms with van der Waals surface area (Å²) in [5.41, 5.74) is 2.14. The Balaban J connectivity index is 2.16. The third kappa shape index (κ3) is 3.35. The zero-order valence-electron chi connectivity index (χ0n) is 12.2. The summed E-state index contributed by atoms with van der Waals surface area (Å²) in [6.07, 6.45) is 1.90. The molecule has 1 fully saturated rings. The van der Waals surface area contributed by atoms with E-state index in [1.165, 1.54) is 0 Å². The molecule has 5 heteroatoms. The SMILES string of the molecule is CCOC(=O)CN(C(=O)c1ccc(C)nc1C)C1CC1. The molecule has 20 heavy (non-hydrogen) atoms. The Morgan fingerprint density at radius 1 is 1.35 bits per heavy atom. The number of carbonyl (C=O) groups excluding carboxylic acids is 2. The van der Waals surface area contributed by atoms with E-state index in [-0.39, 0.29) is 24.5 Å². The Labute approximate surface area is 118 Å². The highest BCUT2D eigenvalue weighted by atomic mass is 16.5. The minimum atomic E-state index is -0.356. The fourth-order valence-electron chi connectivity index (χ4n) is 2.17. The highest BCUT2D eigenvalue weighted by Gasteiger charge is 2.35. The smallest absolute Gasteiger partial charge is 0.325 e. The fraction of sp³-hybridized carbons (Fsp3) is 0.533. The average Bonchev–Trinajstić information content (AvgIpc) is 3.20. The third-order valence-electron chi connectivity index (χ3n) is 3.31. The van der Waals surface area contributed by atoms with Crippen LogP contribution in [0.1, 0.15) is 41.5 Å². The monoisotopic (exact) mass is 276 g/mol. The van der Waals surface area contributed by atoms with E-state index in [2.05, 4.69) is 4.98 Å². The zero-order valence-corrected chi connectivity index (χ0v) is 12.2. The van der Waals surface area contributed by atoms with E-state index in [9.17, 15) is 9.59 Å². The van der Waals surface area contributed by atoms with Gasteiger partial charge in [0.05, 0.1) is 17.9 Å². The van der Waals surface area contributed by atoms with Gasteiger partial charge < -0.3 is 9.64 Å². The normalized spacial score (nSPS) is 13.9. The molecule has 1 heterocycles. The van der Waals surface area contributed by atoms with Gasteiger partial charge in [0.25, 0.3) is 5.91 Å². The number of hydrogen-bond acceptors (Lipinski definition) is 4. The van der Waals surface area contributed by atoms with Crippen molar-refractivity contribution in [3.05, 3.63) is 29.1 Å². The van der Waals surface area contributed by atoms with Crippen LogP contribution < -0.4 is 0 Å². The molecule has 0 bridgehead atoms. The van der Waals surface area contributed by atoms with Crippen LogP contribution >= 0.6 is 0 Å². The number of ether oxygens (including phenoxy) is 1. The van der Waals surface area contributed by atoms with Crippen LogP contribution in [0.2, 0.25) is 0 Å². The molecule has 1 aromatic rings. The quantitative estimate of drug-likeness (QED) is 0.770. The molecule has 0 atom stereocenters. The maximum absolute atomic E-state index is 12.6. The minimum absolute atomic E-state index is 0.0185. The summed E-state index contributed by atoms with van der Waals surface area (Å²) in [4.78, 5) is 30.1. The molecular formula is C15H20N2O3. The molecule has 1 saturated carbocycles. The maximum atomic E-state index is 12.6. The van der Waals surface area contributed by atoms with Crippen LogP contribution in [0.15, 0.2) is 12.1 Å². The van der Waals surface area contributed by atoms with Gasteiger partial charge in [0.1, 0.15) is 6.54 Å². The molecule has 2 rings (SSSR count). The number of esters is 1. The van der Waals surface area contributed by atoms with Crippen LogP contribution in [0.25, 0.3) is 0 Å². The predicted molar refractivity (Wildman–Crippen MR) is 74.4 cm³/mol. The van der Waals surface area contributed by atoms with Crippen LogP contribution in [0.3, 0.4) is 0 Å². The first-order valence-electron chi connectivity index (χ1n) is 6.93. The Morgan fingerprint density at radius 3 is 2.60 bits per heavy atom. The average molecular weight is 276 g/mol. The molecule has 1 aliphatic rings. The number of nitrogens with zero attached hydrogens (tertiary/aromatic N) is 2. The van der Waals surface area contributed by atoms with Crippen molar-refractivity contribution in [3.63, 3.8) is 0 Å². The highest BCUT2D eigenvalue weighted by molar-refractivity contribution is 5.97. The predicted octanol–water partition coefficient (Wildman–Crippen LogP) is 1.87. The summed E-state index contributed by atoms with van der Waals surface area (Å²) >= 11 is 0. The van der Waals surface area contributed by atoms with Crippen molar-refractivity contribution < 1.29 is 14.3 Å². The molecule has 0 radical (unpaired) electrons. The maximum Gasteiger partial charge on any atom is 0.325 e. The van der Waals surface area contributed by atoms with E-state index in [1.54, 1.807) is 17.9 Å². The van der Waals surface area contributed by atoms with Crippen molar-refractivity contribution in [2.45, 2.75) is 39.7 Å². The van der Waals surface area contributed by atoms with Gasteiger partial charge in [-0.15, -0.1) is 0 Å². The summed E-state index contributed by atoms with van der Waals surface area (Å²) in [5, 5.41) is 0. The first kappa shape index (κ1) is 14.5. The highest BCUT2D eigenvalue weighted by Crippen LogP contribution is 2.28. The molecule has 1 aliphatic carbocycles. The minimum Gasteiger partial charge on any atom is -0.465 e. The van der Waals surface area contributed by atoms with Crippen LogP contribution in [0.5, 0.6) is 0 Å². The second kappa shape index (κ2) is 6.03.